The monoisotopic (exact) mass is 321 g/mol. The number of carbonyl (C=O) groups excluding carboxylic acids is 2. The fourth-order valence-corrected chi connectivity index (χ4v) is 4.58. The van der Waals surface area contributed by atoms with Gasteiger partial charge in [0.2, 0.25) is 0 Å². The van der Waals surface area contributed by atoms with Gasteiger partial charge in [0.05, 0.1) is 25.7 Å². The maximum absolute atomic E-state index is 12.7. The zero-order chi connectivity index (χ0) is 16.9. The van der Waals surface area contributed by atoms with Gasteiger partial charge in [-0.3, -0.25) is 9.59 Å². The van der Waals surface area contributed by atoms with E-state index in [2.05, 4.69) is 6.07 Å². The van der Waals surface area contributed by atoms with Crippen molar-refractivity contribution < 1.29 is 19.1 Å². The van der Waals surface area contributed by atoms with Crippen molar-refractivity contribution in [3.8, 4) is 6.07 Å². The summed E-state index contributed by atoms with van der Waals surface area (Å²) < 4.78 is 10.3. The normalized spacial score (nSPS) is 23.0. The summed E-state index contributed by atoms with van der Waals surface area (Å²) in [5.74, 6) is -1.75. The van der Waals surface area contributed by atoms with Gasteiger partial charge in [-0.15, -0.1) is 0 Å². The largest absolute Gasteiger partial charge is 0.468 e. The van der Waals surface area contributed by atoms with Crippen molar-refractivity contribution in [2.24, 2.45) is 23.2 Å². The maximum Gasteiger partial charge on any atom is 0.327 e. The second-order valence-corrected chi connectivity index (χ2v) is 6.73. The molecule has 2 atom stereocenters. The third-order valence-corrected chi connectivity index (χ3v) is 5.61. The van der Waals surface area contributed by atoms with E-state index in [0.29, 0.717) is 0 Å². The van der Waals surface area contributed by atoms with E-state index >= 15 is 0 Å². The van der Waals surface area contributed by atoms with Crippen molar-refractivity contribution in [2.75, 3.05) is 13.7 Å². The Bertz CT molecular complexity index is 472. The Labute approximate surface area is 138 Å². The van der Waals surface area contributed by atoms with Gasteiger partial charge >= 0.3 is 11.9 Å². The summed E-state index contributed by atoms with van der Waals surface area (Å²) in [6.07, 6.45) is 7.39. The Morgan fingerprint density at radius 3 is 2.22 bits per heavy atom. The third-order valence-electron chi connectivity index (χ3n) is 5.61. The van der Waals surface area contributed by atoms with Gasteiger partial charge in [-0.25, -0.2) is 0 Å². The van der Waals surface area contributed by atoms with Crippen LogP contribution in [0.15, 0.2) is 0 Å². The Morgan fingerprint density at radius 2 is 1.74 bits per heavy atom. The van der Waals surface area contributed by atoms with Crippen LogP contribution in [0.3, 0.4) is 0 Å². The van der Waals surface area contributed by atoms with E-state index < -0.39 is 23.3 Å². The molecule has 2 saturated carbocycles. The molecule has 5 nitrogen and oxygen atoms in total. The Morgan fingerprint density at radius 1 is 1.17 bits per heavy atom. The zero-order valence-corrected chi connectivity index (χ0v) is 14.2. The van der Waals surface area contributed by atoms with Crippen molar-refractivity contribution >= 4 is 11.9 Å². The van der Waals surface area contributed by atoms with E-state index in [1.807, 2.05) is 0 Å². The highest BCUT2D eigenvalue weighted by Gasteiger charge is 2.59. The van der Waals surface area contributed by atoms with Gasteiger partial charge in [0.15, 0.2) is 5.41 Å². The van der Waals surface area contributed by atoms with Gasteiger partial charge in [-0.1, -0.05) is 25.7 Å². The van der Waals surface area contributed by atoms with Crippen LogP contribution < -0.4 is 0 Å². The topological polar surface area (TPSA) is 76.4 Å². The van der Waals surface area contributed by atoms with Crippen LogP contribution in [0.5, 0.6) is 0 Å². The van der Waals surface area contributed by atoms with Gasteiger partial charge in [0.1, 0.15) is 0 Å². The van der Waals surface area contributed by atoms with Crippen LogP contribution in [-0.4, -0.2) is 25.7 Å². The van der Waals surface area contributed by atoms with Crippen LogP contribution in [0.1, 0.15) is 58.3 Å². The summed E-state index contributed by atoms with van der Waals surface area (Å²) in [7, 11) is 1.31. The molecule has 0 heterocycles. The average Bonchev–Trinajstić information content (AvgIpc) is 3.25. The Hall–Kier alpha value is -1.57. The van der Waals surface area contributed by atoms with Crippen molar-refractivity contribution in [2.45, 2.75) is 58.3 Å². The summed E-state index contributed by atoms with van der Waals surface area (Å²) in [6.45, 7) is 2.01. The number of hydrogen-bond acceptors (Lipinski definition) is 5. The molecule has 0 radical (unpaired) electrons. The highest BCUT2D eigenvalue weighted by atomic mass is 16.5. The van der Waals surface area contributed by atoms with Crippen molar-refractivity contribution in [3.05, 3.63) is 0 Å². The summed E-state index contributed by atoms with van der Waals surface area (Å²) in [5.41, 5.74) is -1.40. The molecule has 23 heavy (non-hydrogen) atoms. The molecule has 2 aliphatic rings. The van der Waals surface area contributed by atoms with Gasteiger partial charge in [-0.2, -0.15) is 5.26 Å². The molecule has 0 aliphatic heterocycles. The van der Waals surface area contributed by atoms with E-state index in [1.54, 1.807) is 6.92 Å². The molecule has 2 aliphatic carbocycles. The van der Waals surface area contributed by atoms with E-state index in [0.717, 1.165) is 51.4 Å². The van der Waals surface area contributed by atoms with Gasteiger partial charge in [0, 0.05) is 0 Å². The lowest BCUT2D eigenvalue weighted by Gasteiger charge is -2.38. The number of nitrogens with zero attached hydrogens (tertiary/aromatic N) is 1. The molecular weight excluding hydrogens is 294 g/mol. The maximum atomic E-state index is 12.7. The minimum Gasteiger partial charge on any atom is -0.468 e. The SMILES string of the molecule is CCOC(=O)C(C1CCCC1)C(C#N)(C(=O)OC)C1CCCC1. The number of carbonyl (C=O) groups is 2. The first kappa shape index (κ1) is 17.8. The van der Waals surface area contributed by atoms with Gasteiger partial charge in [0.25, 0.3) is 0 Å². The molecule has 2 unspecified atom stereocenters. The summed E-state index contributed by atoms with van der Waals surface area (Å²) in [4.78, 5) is 25.4. The highest BCUT2D eigenvalue weighted by Crippen LogP contribution is 2.51. The number of ether oxygens (including phenoxy) is 2. The smallest absolute Gasteiger partial charge is 0.327 e. The predicted octanol–water partition coefficient (Wildman–Crippen LogP) is 3.23. The van der Waals surface area contributed by atoms with E-state index in [-0.39, 0.29) is 18.4 Å². The standard InChI is InChI=1S/C18H27NO4/c1-3-23-16(20)15(13-8-4-5-9-13)18(12-19,17(21)22-2)14-10-6-7-11-14/h13-15H,3-11H2,1-2H3. The number of hydrogen-bond donors (Lipinski definition) is 0. The van der Waals surface area contributed by atoms with Crippen molar-refractivity contribution in [1.82, 2.24) is 0 Å². The van der Waals surface area contributed by atoms with Crippen LogP contribution in [0.2, 0.25) is 0 Å². The molecule has 0 bridgehead atoms. The Kier molecular flexibility index (Phi) is 6.04. The quantitative estimate of drug-likeness (QED) is 0.702. The molecule has 2 rings (SSSR count). The molecular formula is C18H27NO4. The average molecular weight is 321 g/mol. The summed E-state index contributed by atoms with van der Waals surface area (Å²) >= 11 is 0. The van der Waals surface area contributed by atoms with Crippen LogP contribution in [0.4, 0.5) is 0 Å². The Balaban J connectivity index is 2.47. The van der Waals surface area contributed by atoms with Crippen LogP contribution >= 0.6 is 0 Å². The first-order valence-electron chi connectivity index (χ1n) is 8.78. The van der Waals surface area contributed by atoms with E-state index in [9.17, 15) is 14.9 Å². The third kappa shape index (κ3) is 3.22. The fourth-order valence-electron chi connectivity index (χ4n) is 4.58. The summed E-state index contributed by atoms with van der Waals surface area (Å²) in [5, 5.41) is 10.0. The highest BCUT2D eigenvalue weighted by molar-refractivity contribution is 5.88. The number of esters is 2. The lowest BCUT2D eigenvalue weighted by Crippen LogP contribution is -2.50. The van der Waals surface area contributed by atoms with Crippen LogP contribution in [0, 0.1) is 34.5 Å². The molecule has 5 heteroatoms. The fraction of sp³-hybridized carbons (Fsp3) is 0.833. The first-order valence-corrected chi connectivity index (χ1v) is 8.78. The minimum atomic E-state index is -1.40. The molecule has 0 saturated heterocycles. The molecule has 0 aromatic rings. The molecule has 0 aromatic carbocycles. The molecule has 0 amide bonds. The zero-order valence-electron chi connectivity index (χ0n) is 14.2. The molecule has 0 spiro atoms. The van der Waals surface area contributed by atoms with Crippen LogP contribution in [-0.2, 0) is 19.1 Å². The molecule has 128 valence electrons. The van der Waals surface area contributed by atoms with E-state index in [1.165, 1.54) is 7.11 Å². The van der Waals surface area contributed by atoms with Gasteiger partial charge < -0.3 is 9.47 Å². The lowest BCUT2D eigenvalue weighted by atomic mass is 9.62. The number of nitriles is 1. The second-order valence-electron chi connectivity index (χ2n) is 6.73. The van der Waals surface area contributed by atoms with Crippen LogP contribution in [0.25, 0.3) is 0 Å². The van der Waals surface area contributed by atoms with Crippen molar-refractivity contribution in [3.63, 3.8) is 0 Å². The minimum absolute atomic E-state index is 0.0356. The molecule has 2 fully saturated rings. The number of rotatable bonds is 6. The molecule has 0 N–H and O–H groups in total. The van der Waals surface area contributed by atoms with Gasteiger partial charge in [-0.05, 0) is 44.4 Å². The van der Waals surface area contributed by atoms with E-state index in [4.69, 9.17) is 9.47 Å². The lowest BCUT2D eigenvalue weighted by molar-refractivity contribution is -0.170. The summed E-state index contributed by atoms with van der Waals surface area (Å²) in [6, 6.07) is 2.25. The van der Waals surface area contributed by atoms with Crippen molar-refractivity contribution in [1.29, 1.82) is 5.26 Å². The molecule has 0 aromatic heterocycles. The number of methoxy groups -OCH3 is 1. The second kappa shape index (κ2) is 7.81. The predicted molar refractivity (Wildman–Crippen MR) is 84.1 cm³/mol. The first-order chi connectivity index (χ1) is 11.1.